The first-order chi connectivity index (χ1) is 10.2. The summed E-state index contributed by atoms with van der Waals surface area (Å²) < 4.78 is 23.5. The molecule has 0 saturated carbocycles. The van der Waals surface area contributed by atoms with Gasteiger partial charge in [-0.1, -0.05) is 5.16 Å². The van der Waals surface area contributed by atoms with Gasteiger partial charge in [-0.25, -0.2) is 4.39 Å². The molecule has 1 fully saturated rings. The van der Waals surface area contributed by atoms with E-state index >= 15 is 0 Å². The lowest BCUT2D eigenvalue weighted by molar-refractivity contribution is 0.189. The maximum Gasteiger partial charge on any atom is 0.264 e. The highest BCUT2D eigenvalue weighted by molar-refractivity contribution is 5.22. The summed E-state index contributed by atoms with van der Waals surface area (Å²) in [7, 11) is 2.04. The van der Waals surface area contributed by atoms with E-state index in [4.69, 9.17) is 9.26 Å². The van der Waals surface area contributed by atoms with Crippen LogP contribution in [-0.4, -0.2) is 41.7 Å². The Kier molecular flexibility index (Phi) is 4.12. The molecule has 1 aromatic carbocycles. The normalized spacial score (nSPS) is 19.6. The van der Waals surface area contributed by atoms with Crippen molar-refractivity contribution in [2.24, 2.45) is 0 Å². The highest BCUT2D eigenvalue weighted by Crippen LogP contribution is 2.18. The number of hydrogen-bond acceptors (Lipinski definition) is 6. The lowest BCUT2D eigenvalue weighted by Crippen LogP contribution is -2.44. The van der Waals surface area contributed by atoms with E-state index in [1.54, 1.807) is 12.1 Å². The van der Waals surface area contributed by atoms with Gasteiger partial charge in [0.2, 0.25) is 0 Å². The van der Waals surface area contributed by atoms with Gasteiger partial charge in [0.25, 0.3) is 5.89 Å². The van der Waals surface area contributed by atoms with E-state index < -0.39 is 0 Å². The first-order valence-corrected chi connectivity index (χ1v) is 6.84. The topological polar surface area (TPSA) is 63.4 Å². The molecule has 7 heteroatoms. The van der Waals surface area contributed by atoms with Gasteiger partial charge in [0, 0.05) is 19.6 Å². The average molecular weight is 292 g/mol. The van der Waals surface area contributed by atoms with Crippen molar-refractivity contribution in [3.05, 3.63) is 41.8 Å². The minimum Gasteiger partial charge on any atom is -0.484 e. The number of rotatable bonds is 4. The van der Waals surface area contributed by atoms with Crippen LogP contribution in [0.3, 0.4) is 0 Å². The molecule has 0 amide bonds. The van der Waals surface area contributed by atoms with Crippen molar-refractivity contribution < 1.29 is 13.7 Å². The molecule has 1 N–H and O–H groups in total. The predicted molar refractivity (Wildman–Crippen MR) is 73.3 cm³/mol. The number of benzene rings is 1. The molecule has 2 heterocycles. The molecular formula is C14H17FN4O2. The third kappa shape index (κ3) is 3.37. The van der Waals surface area contributed by atoms with Crippen LogP contribution in [-0.2, 0) is 6.61 Å². The van der Waals surface area contributed by atoms with Crippen LogP contribution in [0.5, 0.6) is 5.75 Å². The van der Waals surface area contributed by atoms with Gasteiger partial charge in [0.1, 0.15) is 11.6 Å². The molecule has 112 valence electrons. The summed E-state index contributed by atoms with van der Waals surface area (Å²) in [5.74, 6) is 1.33. The molecule has 0 spiro atoms. The maximum absolute atomic E-state index is 12.8. The second-order valence-corrected chi connectivity index (χ2v) is 4.99. The summed E-state index contributed by atoms with van der Waals surface area (Å²) in [5, 5.41) is 7.31. The molecule has 21 heavy (non-hydrogen) atoms. The fraction of sp³-hybridized carbons (Fsp3) is 0.429. The van der Waals surface area contributed by atoms with Crippen molar-refractivity contribution in [2.75, 3.05) is 26.7 Å². The summed E-state index contributed by atoms with van der Waals surface area (Å²) in [5.41, 5.74) is 0. The van der Waals surface area contributed by atoms with Crippen LogP contribution in [0.15, 0.2) is 28.8 Å². The Morgan fingerprint density at radius 3 is 3.00 bits per heavy atom. The van der Waals surface area contributed by atoms with Crippen molar-refractivity contribution in [3.63, 3.8) is 0 Å². The van der Waals surface area contributed by atoms with E-state index in [-0.39, 0.29) is 18.5 Å². The number of ether oxygens (including phenoxy) is 1. The van der Waals surface area contributed by atoms with Gasteiger partial charge in [-0.15, -0.1) is 0 Å². The lowest BCUT2D eigenvalue weighted by atomic mass is 10.2. The number of likely N-dealkylation sites (N-methyl/N-ethyl adjacent to an activating group) is 1. The molecular weight excluding hydrogens is 275 g/mol. The Balaban J connectivity index is 1.61. The molecule has 1 aliphatic rings. The van der Waals surface area contributed by atoms with Gasteiger partial charge in [-0.3, -0.25) is 4.90 Å². The monoisotopic (exact) mass is 292 g/mol. The molecule has 1 unspecified atom stereocenters. The number of hydrogen-bond donors (Lipinski definition) is 1. The zero-order chi connectivity index (χ0) is 14.7. The number of nitrogens with zero attached hydrogens (tertiary/aromatic N) is 3. The minimum absolute atomic E-state index is 0.113. The number of aromatic nitrogens is 2. The van der Waals surface area contributed by atoms with Gasteiger partial charge in [-0.05, 0) is 31.3 Å². The lowest BCUT2D eigenvalue weighted by Gasteiger charge is -2.30. The molecule has 0 bridgehead atoms. The maximum atomic E-state index is 12.8. The second-order valence-electron chi connectivity index (χ2n) is 4.99. The summed E-state index contributed by atoms with van der Waals surface area (Å²) in [6.07, 6.45) is 0. The second kappa shape index (κ2) is 6.19. The number of halogens is 1. The molecule has 3 rings (SSSR count). The molecule has 1 aliphatic heterocycles. The van der Waals surface area contributed by atoms with Crippen LogP contribution in [0.2, 0.25) is 0 Å². The molecule has 0 aliphatic carbocycles. The van der Waals surface area contributed by atoms with E-state index in [9.17, 15) is 4.39 Å². The largest absolute Gasteiger partial charge is 0.484 e. The first kappa shape index (κ1) is 14.0. The third-order valence-corrected chi connectivity index (χ3v) is 3.47. The Labute approximate surface area is 121 Å². The standard InChI is InChI=1S/C14H17FN4O2/c1-19-7-6-16-8-12(19)14-17-13(21-18-14)9-20-11-4-2-10(15)3-5-11/h2-5,12,16H,6-9H2,1H3. The summed E-state index contributed by atoms with van der Waals surface area (Å²) in [4.78, 5) is 6.54. The molecule has 2 aromatic rings. The van der Waals surface area contributed by atoms with E-state index in [2.05, 4.69) is 20.4 Å². The van der Waals surface area contributed by atoms with Crippen LogP contribution in [0.25, 0.3) is 0 Å². The van der Waals surface area contributed by atoms with Crippen molar-refractivity contribution in [1.82, 2.24) is 20.4 Å². The SMILES string of the molecule is CN1CCNCC1c1noc(COc2ccc(F)cc2)n1. The number of nitrogens with one attached hydrogen (secondary N) is 1. The van der Waals surface area contributed by atoms with Gasteiger partial charge < -0.3 is 14.6 Å². The minimum atomic E-state index is -0.296. The highest BCUT2D eigenvalue weighted by atomic mass is 19.1. The van der Waals surface area contributed by atoms with Crippen molar-refractivity contribution in [2.45, 2.75) is 12.6 Å². The van der Waals surface area contributed by atoms with Gasteiger partial charge >= 0.3 is 0 Å². The van der Waals surface area contributed by atoms with Crippen molar-refractivity contribution in [3.8, 4) is 5.75 Å². The Morgan fingerprint density at radius 1 is 1.43 bits per heavy atom. The summed E-state index contributed by atoms with van der Waals surface area (Å²) in [6.45, 7) is 2.88. The first-order valence-electron chi connectivity index (χ1n) is 6.84. The molecule has 1 aromatic heterocycles. The predicted octanol–water partition coefficient (Wildman–Crippen LogP) is 1.36. The van der Waals surface area contributed by atoms with Gasteiger partial charge in [-0.2, -0.15) is 4.98 Å². The van der Waals surface area contributed by atoms with Crippen LogP contribution in [0.1, 0.15) is 17.8 Å². The van der Waals surface area contributed by atoms with E-state index in [0.29, 0.717) is 17.5 Å². The Bertz CT molecular complexity index is 587. The Morgan fingerprint density at radius 2 is 2.24 bits per heavy atom. The van der Waals surface area contributed by atoms with Crippen molar-refractivity contribution >= 4 is 0 Å². The fourth-order valence-corrected chi connectivity index (χ4v) is 2.23. The van der Waals surface area contributed by atoms with E-state index in [1.807, 2.05) is 7.05 Å². The summed E-state index contributed by atoms with van der Waals surface area (Å²) >= 11 is 0. The molecule has 0 radical (unpaired) electrons. The molecule has 1 atom stereocenters. The van der Waals surface area contributed by atoms with Gasteiger partial charge in [0.15, 0.2) is 12.4 Å². The van der Waals surface area contributed by atoms with Crippen LogP contribution in [0.4, 0.5) is 4.39 Å². The third-order valence-electron chi connectivity index (χ3n) is 3.47. The fourth-order valence-electron chi connectivity index (χ4n) is 2.23. The zero-order valence-corrected chi connectivity index (χ0v) is 11.8. The van der Waals surface area contributed by atoms with Crippen LogP contribution < -0.4 is 10.1 Å². The Hall–Kier alpha value is -1.99. The zero-order valence-electron chi connectivity index (χ0n) is 11.8. The summed E-state index contributed by atoms with van der Waals surface area (Å²) in [6, 6.07) is 5.92. The van der Waals surface area contributed by atoms with Crippen LogP contribution in [0, 0.1) is 5.82 Å². The van der Waals surface area contributed by atoms with Crippen molar-refractivity contribution in [1.29, 1.82) is 0 Å². The van der Waals surface area contributed by atoms with Crippen LogP contribution >= 0.6 is 0 Å². The van der Waals surface area contributed by atoms with E-state index in [1.165, 1.54) is 12.1 Å². The molecule has 1 saturated heterocycles. The quantitative estimate of drug-likeness (QED) is 0.918. The van der Waals surface area contributed by atoms with E-state index in [0.717, 1.165) is 19.6 Å². The van der Waals surface area contributed by atoms with Gasteiger partial charge in [0.05, 0.1) is 6.04 Å². The average Bonchev–Trinajstić information content (AvgIpc) is 2.96. The number of piperazine rings is 1. The highest BCUT2D eigenvalue weighted by Gasteiger charge is 2.25. The molecule has 6 nitrogen and oxygen atoms in total. The smallest absolute Gasteiger partial charge is 0.264 e.